The second-order valence-electron chi connectivity index (χ2n) is 7.48. The molecule has 1 aromatic carbocycles. The molecule has 0 radical (unpaired) electrons. The first-order valence-electron chi connectivity index (χ1n) is 8.82. The smallest absolute Gasteiger partial charge is 0.232 e. The summed E-state index contributed by atoms with van der Waals surface area (Å²) in [4.78, 5) is 16.1. The third-order valence-corrected chi connectivity index (χ3v) is 5.34. The van der Waals surface area contributed by atoms with E-state index in [0.717, 1.165) is 11.1 Å². The zero-order chi connectivity index (χ0) is 20.1. The molecule has 0 saturated carbocycles. The van der Waals surface area contributed by atoms with Crippen LogP contribution >= 0.6 is 0 Å². The van der Waals surface area contributed by atoms with E-state index in [1.807, 2.05) is 51.1 Å². The van der Waals surface area contributed by atoms with Crippen molar-refractivity contribution in [1.82, 2.24) is 10.3 Å². The van der Waals surface area contributed by atoms with Gasteiger partial charge >= 0.3 is 0 Å². The number of carbonyl (C=O) groups is 1. The Hall–Kier alpha value is -2.41. The summed E-state index contributed by atoms with van der Waals surface area (Å²) < 4.78 is 26.1. The van der Waals surface area contributed by atoms with Gasteiger partial charge in [0.25, 0.3) is 0 Å². The molecular weight excluding hydrogens is 362 g/mol. The second-order valence-corrected chi connectivity index (χ2v) is 9.39. The standard InChI is InChI=1S/C20H27N3O3S/c1-20(2,3)17-7-5-6-8-18(17)23(27(4,25)26)14-11-19(24)22-15-16-9-12-21-13-10-16/h5-10,12-13H,11,14-15H2,1-4H3,(H,22,24). The molecule has 27 heavy (non-hydrogen) atoms. The van der Waals surface area contributed by atoms with E-state index in [2.05, 4.69) is 10.3 Å². The number of para-hydroxylation sites is 1. The largest absolute Gasteiger partial charge is 0.352 e. The van der Waals surface area contributed by atoms with Crippen molar-refractivity contribution in [3.8, 4) is 0 Å². The molecule has 0 bridgehead atoms. The SMILES string of the molecule is CC(C)(C)c1ccccc1N(CCC(=O)NCc1ccncc1)S(C)(=O)=O. The normalized spacial score (nSPS) is 11.9. The molecule has 146 valence electrons. The van der Waals surface area contributed by atoms with Crippen LogP contribution in [-0.4, -0.2) is 32.1 Å². The molecule has 0 fully saturated rings. The molecule has 6 nitrogen and oxygen atoms in total. The van der Waals surface area contributed by atoms with Crippen LogP contribution in [0.4, 0.5) is 5.69 Å². The van der Waals surface area contributed by atoms with Crippen molar-refractivity contribution in [1.29, 1.82) is 0 Å². The highest BCUT2D eigenvalue weighted by Gasteiger charge is 2.25. The number of sulfonamides is 1. The second kappa shape index (κ2) is 8.52. The maximum absolute atomic E-state index is 12.4. The minimum absolute atomic E-state index is 0.0800. The Labute approximate surface area is 161 Å². The zero-order valence-electron chi connectivity index (χ0n) is 16.3. The van der Waals surface area contributed by atoms with E-state index in [0.29, 0.717) is 12.2 Å². The Morgan fingerprint density at radius 2 is 1.74 bits per heavy atom. The molecule has 7 heteroatoms. The number of benzene rings is 1. The predicted octanol–water partition coefficient (Wildman–Crippen LogP) is 2.85. The van der Waals surface area contributed by atoms with Crippen molar-refractivity contribution < 1.29 is 13.2 Å². The Morgan fingerprint density at radius 3 is 2.33 bits per heavy atom. The fourth-order valence-electron chi connectivity index (χ4n) is 2.78. The molecule has 0 aliphatic rings. The first-order valence-corrected chi connectivity index (χ1v) is 10.7. The number of nitrogens with zero attached hydrogens (tertiary/aromatic N) is 2. The van der Waals surface area contributed by atoms with Crippen molar-refractivity contribution in [2.75, 3.05) is 17.1 Å². The van der Waals surface area contributed by atoms with Gasteiger partial charge in [0.05, 0.1) is 11.9 Å². The molecule has 0 atom stereocenters. The van der Waals surface area contributed by atoms with Crippen molar-refractivity contribution in [3.63, 3.8) is 0 Å². The zero-order valence-corrected chi connectivity index (χ0v) is 17.1. The van der Waals surface area contributed by atoms with E-state index in [-0.39, 0.29) is 24.3 Å². The summed E-state index contributed by atoms with van der Waals surface area (Å²) >= 11 is 0. The van der Waals surface area contributed by atoms with Crippen LogP contribution in [0.15, 0.2) is 48.8 Å². The van der Waals surface area contributed by atoms with Crippen LogP contribution in [0.3, 0.4) is 0 Å². The van der Waals surface area contributed by atoms with Crippen LogP contribution < -0.4 is 9.62 Å². The Balaban J connectivity index is 2.12. The molecule has 1 amide bonds. The first-order chi connectivity index (χ1) is 12.6. The van der Waals surface area contributed by atoms with Gasteiger partial charge in [0.15, 0.2) is 0 Å². The van der Waals surface area contributed by atoms with Gasteiger partial charge in [-0.2, -0.15) is 0 Å². The van der Waals surface area contributed by atoms with Crippen LogP contribution in [-0.2, 0) is 26.8 Å². The fourth-order valence-corrected chi connectivity index (χ4v) is 3.72. The van der Waals surface area contributed by atoms with Gasteiger partial charge in [0.2, 0.25) is 15.9 Å². The average Bonchev–Trinajstić information content (AvgIpc) is 2.59. The van der Waals surface area contributed by atoms with E-state index in [1.54, 1.807) is 18.5 Å². The van der Waals surface area contributed by atoms with Crippen LogP contribution in [0, 0.1) is 0 Å². The van der Waals surface area contributed by atoms with Crippen molar-refractivity contribution >= 4 is 21.6 Å². The lowest BCUT2D eigenvalue weighted by Gasteiger charge is -2.30. The van der Waals surface area contributed by atoms with Crippen molar-refractivity contribution in [2.24, 2.45) is 0 Å². The van der Waals surface area contributed by atoms with Crippen LogP contribution in [0.25, 0.3) is 0 Å². The summed E-state index contributed by atoms with van der Waals surface area (Å²) in [6.45, 7) is 6.59. The molecule has 2 rings (SSSR count). The highest BCUT2D eigenvalue weighted by atomic mass is 32.2. The molecular formula is C20H27N3O3S. The number of pyridine rings is 1. The molecule has 0 aliphatic carbocycles. The lowest BCUT2D eigenvalue weighted by atomic mass is 9.86. The summed E-state index contributed by atoms with van der Waals surface area (Å²) in [5, 5.41) is 2.81. The van der Waals surface area contributed by atoms with Gasteiger partial charge in [-0.05, 0) is 34.7 Å². The van der Waals surface area contributed by atoms with E-state index < -0.39 is 10.0 Å². The summed E-state index contributed by atoms with van der Waals surface area (Å²) in [7, 11) is -3.52. The number of hydrogen-bond donors (Lipinski definition) is 1. The molecule has 1 N–H and O–H groups in total. The van der Waals surface area contributed by atoms with Gasteiger partial charge in [-0.15, -0.1) is 0 Å². The lowest BCUT2D eigenvalue weighted by molar-refractivity contribution is -0.121. The molecule has 1 heterocycles. The Kier molecular flexibility index (Phi) is 6.59. The molecule has 1 aromatic heterocycles. The van der Waals surface area contributed by atoms with Gasteiger partial charge in [-0.1, -0.05) is 39.0 Å². The highest BCUT2D eigenvalue weighted by molar-refractivity contribution is 7.92. The summed E-state index contributed by atoms with van der Waals surface area (Å²) in [5.41, 5.74) is 2.27. The molecule has 0 spiro atoms. The maximum Gasteiger partial charge on any atom is 0.232 e. The van der Waals surface area contributed by atoms with Gasteiger partial charge in [0.1, 0.15) is 0 Å². The van der Waals surface area contributed by atoms with E-state index in [9.17, 15) is 13.2 Å². The summed E-state index contributed by atoms with van der Waals surface area (Å²) in [6.07, 6.45) is 4.57. The minimum atomic E-state index is -3.52. The number of rotatable bonds is 7. The molecule has 0 unspecified atom stereocenters. The van der Waals surface area contributed by atoms with Gasteiger partial charge in [0, 0.05) is 31.9 Å². The number of hydrogen-bond acceptors (Lipinski definition) is 4. The van der Waals surface area contributed by atoms with E-state index in [1.165, 1.54) is 10.6 Å². The van der Waals surface area contributed by atoms with E-state index in [4.69, 9.17) is 0 Å². The predicted molar refractivity (Wildman–Crippen MR) is 108 cm³/mol. The number of aromatic nitrogens is 1. The third-order valence-electron chi connectivity index (χ3n) is 4.16. The minimum Gasteiger partial charge on any atom is -0.352 e. The maximum atomic E-state index is 12.4. The van der Waals surface area contributed by atoms with Gasteiger partial charge in [-0.25, -0.2) is 8.42 Å². The van der Waals surface area contributed by atoms with Crippen LogP contribution in [0.5, 0.6) is 0 Å². The van der Waals surface area contributed by atoms with Gasteiger partial charge < -0.3 is 5.32 Å². The average molecular weight is 390 g/mol. The number of nitrogens with one attached hydrogen (secondary N) is 1. The number of carbonyl (C=O) groups excluding carboxylic acids is 1. The number of amides is 1. The fraction of sp³-hybridized carbons (Fsp3) is 0.400. The Morgan fingerprint density at radius 1 is 1.11 bits per heavy atom. The summed E-state index contributed by atoms with van der Waals surface area (Å²) in [5.74, 6) is -0.200. The third kappa shape index (κ3) is 6.06. The quantitative estimate of drug-likeness (QED) is 0.790. The topological polar surface area (TPSA) is 79.4 Å². The van der Waals surface area contributed by atoms with E-state index >= 15 is 0 Å². The Bertz CT molecular complexity index is 875. The van der Waals surface area contributed by atoms with Crippen LogP contribution in [0.1, 0.15) is 38.3 Å². The summed E-state index contributed by atoms with van der Waals surface area (Å²) in [6, 6.07) is 11.1. The highest BCUT2D eigenvalue weighted by Crippen LogP contribution is 2.33. The van der Waals surface area contributed by atoms with Crippen molar-refractivity contribution in [3.05, 3.63) is 59.9 Å². The first kappa shape index (κ1) is 20.9. The monoisotopic (exact) mass is 389 g/mol. The van der Waals surface area contributed by atoms with Crippen molar-refractivity contribution in [2.45, 2.75) is 39.2 Å². The molecule has 2 aromatic rings. The lowest BCUT2D eigenvalue weighted by Crippen LogP contribution is -2.36. The van der Waals surface area contributed by atoms with Gasteiger partial charge in [-0.3, -0.25) is 14.1 Å². The molecule has 0 aliphatic heterocycles. The molecule has 0 saturated heterocycles. The van der Waals surface area contributed by atoms with Crippen LogP contribution in [0.2, 0.25) is 0 Å². The number of anilines is 1.